The molecule has 0 spiro atoms. The quantitative estimate of drug-likeness (QED) is 0.741. The van der Waals surface area contributed by atoms with E-state index in [-0.39, 0.29) is 5.41 Å². The van der Waals surface area contributed by atoms with Crippen molar-refractivity contribution in [2.75, 3.05) is 39.3 Å². The topological polar surface area (TPSA) is 49.6 Å². The van der Waals surface area contributed by atoms with Crippen LogP contribution in [0.4, 0.5) is 0 Å². The van der Waals surface area contributed by atoms with Crippen molar-refractivity contribution >= 4 is 5.91 Å². The second-order valence-corrected chi connectivity index (χ2v) is 6.41. The molecule has 1 heterocycles. The van der Waals surface area contributed by atoms with Gasteiger partial charge in [-0.1, -0.05) is 13.8 Å². The van der Waals surface area contributed by atoms with Gasteiger partial charge in [-0.25, -0.2) is 0 Å². The molecule has 4 heteroatoms. The highest BCUT2D eigenvalue weighted by Crippen LogP contribution is 2.52. The number of hydrogen-bond donors (Lipinski definition) is 1. The molecule has 0 aromatic rings. The maximum Gasteiger partial charge on any atom is 0.226 e. The molecule has 1 amide bonds. The summed E-state index contributed by atoms with van der Waals surface area (Å²) in [7, 11) is 0. The molecule has 4 nitrogen and oxygen atoms in total. The van der Waals surface area contributed by atoms with E-state index in [4.69, 9.17) is 5.73 Å². The highest BCUT2D eigenvalue weighted by atomic mass is 16.2. The number of amides is 1. The van der Waals surface area contributed by atoms with E-state index in [1.54, 1.807) is 0 Å². The summed E-state index contributed by atoms with van der Waals surface area (Å²) in [5.41, 5.74) is 5.76. The van der Waals surface area contributed by atoms with Crippen molar-refractivity contribution in [3.05, 3.63) is 0 Å². The maximum absolute atomic E-state index is 12.2. The van der Waals surface area contributed by atoms with E-state index >= 15 is 0 Å². The molecule has 2 N–H and O–H groups in total. The number of unbranched alkanes of at least 4 members (excludes halogenated alkanes) is 1. The van der Waals surface area contributed by atoms with Crippen LogP contribution in [-0.2, 0) is 4.79 Å². The molecule has 2 rings (SSSR count). The summed E-state index contributed by atoms with van der Waals surface area (Å²) < 4.78 is 0. The number of nitrogens with two attached hydrogens (primary N) is 1. The Labute approximate surface area is 110 Å². The van der Waals surface area contributed by atoms with Crippen LogP contribution in [-0.4, -0.2) is 55.0 Å². The van der Waals surface area contributed by atoms with Crippen molar-refractivity contribution in [2.45, 2.75) is 33.1 Å². The minimum absolute atomic E-state index is 0.259. The van der Waals surface area contributed by atoms with Gasteiger partial charge >= 0.3 is 0 Å². The second-order valence-electron chi connectivity index (χ2n) is 6.41. The minimum Gasteiger partial charge on any atom is -0.340 e. The Morgan fingerprint density at radius 3 is 2.33 bits per heavy atom. The molecule has 2 aliphatic rings. The lowest BCUT2D eigenvalue weighted by atomic mass is 10.1. The molecule has 0 aromatic carbocycles. The van der Waals surface area contributed by atoms with E-state index in [0.717, 1.165) is 52.1 Å². The van der Waals surface area contributed by atoms with Gasteiger partial charge in [0.15, 0.2) is 0 Å². The van der Waals surface area contributed by atoms with Gasteiger partial charge in [-0.3, -0.25) is 9.69 Å². The standard InChI is InChI=1S/C14H27N3O/c1-14(2)11-12(14)13(18)17-9-7-16(8-10-17)6-4-3-5-15/h12H,3-11,15H2,1-2H3. The van der Waals surface area contributed by atoms with E-state index in [9.17, 15) is 4.79 Å². The average molecular weight is 253 g/mol. The average Bonchev–Trinajstić information content (AvgIpc) is 2.99. The number of carbonyl (C=O) groups is 1. The van der Waals surface area contributed by atoms with Crippen LogP contribution in [0.5, 0.6) is 0 Å². The molecule has 2 fully saturated rings. The number of rotatable bonds is 5. The van der Waals surface area contributed by atoms with Crippen molar-refractivity contribution in [1.82, 2.24) is 9.80 Å². The van der Waals surface area contributed by atoms with E-state index in [1.807, 2.05) is 0 Å². The first-order valence-electron chi connectivity index (χ1n) is 7.26. The van der Waals surface area contributed by atoms with Crippen LogP contribution < -0.4 is 5.73 Å². The zero-order valence-corrected chi connectivity index (χ0v) is 11.8. The molecule has 1 aliphatic carbocycles. The summed E-state index contributed by atoms with van der Waals surface area (Å²) in [6, 6.07) is 0. The zero-order chi connectivity index (χ0) is 13.2. The third-order valence-corrected chi connectivity index (χ3v) is 4.42. The fraction of sp³-hybridized carbons (Fsp3) is 0.929. The maximum atomic E-state index is 12.2. The monoisotopic (exact) mass is 253 g/mol. The fourth-order valence-corrected chi connectivity index (χ4v) is 2.78. The number of nitrogens with zero attached hydrogens (tertiary/aromatic N) is 2. The summed E-state index contributed by atoms with van der Waals surface area (Å²) in [6.07, 6.45) is 3.36. The summed E-state index contributed by atoms with van der Waals surface area (Å²) in [6.45, 7) is 10.2. The molecule has 1 saturated heterocycles. The van der Waals surface area contributed by atoms with E-state index in [0.29, 0.717) is 11.8 Å². The summed E-state index contributed by atoms with van der Waals surface area (Å²) >= 11 is 0. The van der Waals surface area contributed by atoms with Gasteiger partial charge in [0.25, 0.3) is 0 Å². The third kappa shape index (κ3) is 3.23. The Bertz CT molecular complexity index is 295. The van der Waals surface area contributed by atoms with Crippen molar-refractivity contribution in [1.29, 1.82) is 0 Å². The lowest BCUT2D eigenvalue weighted by molar-refractivity contribution is -0.135. The second kappa shape index (κ2) is 5.57. The molecule has 1 aliphatic heterocycles. The van der Waals surface area contributed by atoms with Crippen molar-refractivity contribution < 1.29 is 4.79 Å². The van der Waals surface area contributed by atoms with Gasteiger partial charge in [-0.05, 0) is 37.8 Å². The molecule has 0 bridgehead atoms. The van der Waals surface area contributed by atoms with Gasteiger partial charge in [0, 0.05) is 32.1 Å². The van der Waals surface area contributed by atoms with Crippen LogP contribution >= 0.6 is 0 Å². The third-order valence-electron chi connectivity index (χ3n) is 4.42. The zero-order valence-electron chi connectivity index (χ0n) is 11.8. The normalized spacial score (nSPS) is 27.3. The molecule has 0 radical (unpaired) electrons. The first kappa shape index (κ1) is 13.8. The number of piperazine rings is 1. The predicted octanol–water partition coefficient (Wildman–Crippen LogP) is 0.916. The molecule has 104 valence electrons. The van der Waals surface area contributed by atoms with E-state index in [1.165, 1.54) is 6.42 Å². The van der Waals surface area contributed by atoms with Crippen LogP contribution in [0.25, 0.3) is 0 Å². The Morgan fingerprint density at radius 1 is 1.22 bits per heavy atom. The Hall–Kier alpha value is -0.610. The molecular formula is C14H27N3O. The number of carbonyl (C=O) groups excluding carboxylic acids is 1. The molecule has 1 saturated carbocycles. The van der Waals surface area contributed by atoms with Crippen molar-refractivity contribution in [3.8, 4) is 0 Å². The van der Waals surface area contributed by atoms with Gasteiger partial charge in [-0.15, -0.1) is 0 Å². The minimum atomic E-state index is 0.259. The summed E-state index contributed by atoms with van der Waals surface area (Å²) in [4.78, 5) is 16.8. The molecule has 0 aromatic heterocycles. The Morgan fingerprint density at radius 2 is 1.83 bits per heavy atom. The van der Waals surface area contributed by atoms with Gasteiger partial charge in [0.1, 0.15) is 0 Å². The Balaban J connectivity index is 1.69. The SMILES string of the molecule is CC1(C)CC1C(=O)N1CCN(CCCCN)CC1. The van der Waals surface area contributed by atoms with E-state index in [2.05, 4.69) is 23.6 Å². The van der Waals surface area contributed by atoms with Crippen LogP contribution in [0.1, 0.15) is 33.1 Å². The van der Waals surface area contributed by atoms with Crippen LogP contribution in [0.2, 0.25) is 0 Å². The molecule has 1 unspecified atom stereocenters. The molecule has 1 atom stereocenters. The smallest absolute Gasteiger partial charge is 0.226 e. The molecule has 18 heavy (non-hydrogen) atoms. The fourth-order valence-electron chi connectivity index (χ4n) is 2.78. The van der Waals surface area contributed by atoms with Crippen LogP contribution in [0, 0.1) is 11.3 Å². The van der Waals surface area contributed by atoms with Crippen LogP contribution in [0.15, 0.2) is 0 Å². The Kier molecular flexibility index (Phi) is 4.28. The van der Waals surface area contributed by atoms with Crippen molar-refractivity contribution in [3.63, 3.8) is 0 Å². The van der Waals surface area contributed by atoms with Gasteiger partial charge < -0.3 is 10.6 Å². The largest absolute Gasteiger partial charge is 0.340 e. The first-order valence-corrected chi connectivity index (χ1v) is 7.26. The predicted molar refractivity (Wildman–Crippen MR) is 73.2 cm³/mol. The lowest BCUT2D eigenvalue weighted by Crippen LogP contribution is -2.49. The highest BCUT2D eigenvalue weighted by Gasteiger charge is 2.52. The van der Waals surface area contributed by atoms with E-state index < -0.39 is 0 Å². The van der Waals surface area contributed by atoms with Gasteiger partial charge in [0.2, 0.25) is 5.91 Å². The lowest BCUT2D eigenvalue weighted by Gasteiger charge is -2.35. The summed E-state index contributed by atoms with van der Waals surface area (Å²) in [5, 5.41) is 0. The van der Waals surface area contributed by atoms with Gasteiger partial charge in [0.05, 0.1) is 0 Å². The van der Waals surface area contributed by atoms with Crippen molar-refractivity contribution in [2.24, 2.45) is 17.1 Å². The van der Waals surface area contributed by atoms with Gasteiger partial charge in [-0.2, -0.15) is 0 Å². The summed E-state index contributed by atoms with van der Waals surface area (Å²) in [5.74, 6) is 0.683. The van der Waals surface area contributed by atoms with Crippen LogP contribution in [0.3, 0.4) is 0 Å². The highest BCUT2D eigenvalue weighted by molar-refractivity contribution is 5.82. The first-order chi connectivity index (χ1) is 8.54. The number of hydrogen-bond acceptors (Lipinski definition) is 3. The molecular weight excluding hydrogens is 226 g/mol.